The van der Waals surface area contributed by atoms with Crippen LogP contribution in [0, 0.1) is 0 Å². The molecule has 0 aromatic heterocycles. The summed E-state index contributed by atoms with van der Waals surface area (Å²) in [5, 5.41) is 13.9. The molecule has 0 rings (SSSR count). The van der Waals surface area contributed by atoms with Crippen molar-refractivity contribution in [2.24, 2.45) is 5.10 Å². The van der Waals surface area contributed by atoms with Crippen LogP contribution in [0.1, 0.15) is 13.8 Å². The zero-order valence-corrected chi connectivity index (χ0v) is 8.94. The lowest BCUT2D eigenvalue weighted by Crippen LogP contribution is -2.35. The Kier molecular flexibility index (Phi) is 6.25. The van der Waals surface area contributed by atoms with Gasteiger partial charge in [-0.3, -0.25) is 4.79 Å². The maximum atomic E-state index is 11.2. The number of carbonyl (C=O) groups is 3. The van der Waals surface area contributed by atoms with E-state index in [0.717, 1.165) is 0 Å². The summed E-state index contributed by atoms with van der Waals surface area (Å²) in [6.07, 6.45) is -1.41. The summed E-state index contributed by atoms with van der Waals surface area (Å²) in [5.41, 5.74) is 1.44. The number of nitrogens with one attached hydrogen (secondary N) is 2. The number of rotatable bonds is 5. The van der Waals surface area contributed by atoms with Gasteiger partial charge in [-0.2, -0.15) is 5.10 Å². The van der Waals surface area contributed by atoms with E-state index in [1.54, 1.807) is 12.3 Å². The van der Waals surface area contributed by atoms with Crippen LogP contribution in [-0.2, 0) is 14.3 Å². The number of amides is 2. The number of hydrogen-bond acceptors (Lipinski definition) is 5. The van der Waals surface area contributed by atoms with Gasteiger partial charge in [0.2, 0.25) is 5.91 Å². The van der Waals surface area contributed by atoms with Crippen LogP contribution in [-0.4, -0.2) is 41.9 Å². The maximum Gasteiger partial charge on any atom is 0.425 e. The van der Waals surface area contributed by atoms with Crippen molar-refractivity contribution < 1.29 is 24.2 Å². The van der Waals surface area contributed by atoms with Gasteiger partial charge in [-0.05, 0) is 6.92 Å². The van der Waals surface area contributed by atoms with Crippen LogP contribution in [0.2, 0.25) is 0 Å². The molecule has 0 bridgehead atoms. The third-order valence-electron chi connectivity index (χ3n) is 1.30. The molecule has 0 saturated carbocycles. The first-order valence-corrected chi connectivity index (χ1v) is 4.44. The van der Waals surface area contributed by atoms with E-state index in [1.165, 1.54) is 6.92 Å². The molecule has 0 aliphatic carbocycles. The zero-order chi connectivity index (χ0) is 12.6. The fraction of sp³-hybridized carbons (Fsp3) is 0.500. The van der Waals surface area contributed by atoms with E-state index in [2.05, 4.69) is 15.2 Å². The van der Waals surface area contributed by atoms with Crippen molar-refractivity contribution in [3.05, 3.63) is 0 Å². The van der Waals surface area contributed by atoms with Crippen LogP contribution in [0.3, 0.4) is 0 Å². The number of hydrogen-bond donors (Lipinski definition) is 3. The Morgan fingerprint density at radius 1 is 1.38 bits per heavy atom. The molecule has 0 aromatic carbocycles. The Morgan fingerprint density at radius 3 is 2.44 bits per heavy atom. The van der Waals surface area contributed by atoms with Crippen LogP contribution >= 0.6 is 0 Å². The highest BCUT2D eigenvalue weighted by molar-refractivity contribution is 6.37. The molecule has 0 fully saturated rings. The van der Waals surface area contributed by atoms with Crippen LogP contribution in [0.15, 0.2) is 5.10 Å². The van der Waals surface area contributed by atoms with E-state index < -0.39 is 12.1 Å². The van der Waals surface area contributed by atoms with E-state index in [4.69, 9.17) is 5.11 Å². The Bertz CT molecular complexity index is 313. The minimum atomic E-state index is -1.41. The van der Waals surface area contributed by atoms with Crippen LogP contribution in [0.5, 0.6) is 0 Å². The number of esters is 1. The molecule has 0 unspecified atom stereocenters. The van der Waals surface area contributed by atoms with Gasteiger partial charge in [0.1, 0.15) is 0 Å². The number of hydrazone groups is 1. The van der Waals surface area contributed by atoms with Crippen molar-refractivity contribution in [3.8, 4) is 0 Å². The predicted molar refractivity (Wildman–Crippen MR) is 53.9 cm³/mol. The average Bonchev–Trinajstić information content (AvgIpc) is 2.17. The topological polar surface area (TPSA) is 117 Å². The lowest BCUT2D eigenvalue weighted by atomic mass is 10.3. The van der Waals surface area contributed by atoms with Gasteiger partial charge in [-0.15, -0.1) is 0 Å². The second-order valence-electron chi connectivity index (χ2n) is 2.61. The second kappa shape index (κ2) is 7.21. The number of carboxylic acid groups (broad SMARTS) is 1. The largest absolute Gasteiger partial charge is 0.464 e. The average molecular weight is 231 g/mol. The molecule has 0 spiro atoms. The number of ether oxygens (including phenoxy) is 1. The molecule has 8 heteroatoms. The summed E-state index contributed by atoms with van der Waals surface area (Å²) >= 11 is 0. The molecule has 2 amide bonds. The van der Waals surface area contributed by atoms with E-state index >= 15 is 0 Å². The molecule has 0 aliphatic heterocycles. The summed E-state index contributed by atoms with van der Waals surface area (Å²) in [6, 6.07) is 0. The first-order chi connectivity index (χ1) is 7.47. The molecule has 3 N–H and O–H groups in total. The van der Waals surface area contributed by atoms with Gasteiger partial charge < -0.3 is 15.2 Å². The van der Waals surface area contributed by atoms with E-state index in [-0.39, 0.29) is 24.8 Å². The highest BCUT2D eigenvalue weighted by atomic mass is 16.5. The fourth-order valence-electron chi connectivity index (χ4n) is 0.695. The molecular weight excluding hydrogens is 218 g/mol. The fourth-order valence-corrected chi connectivity index (χ4v) is 0.695. The minimum Gasteiger partial charge on any atom is -0.464 e. The Hall–Kier alpha value is -2.12. The van der Waals surface area contributed by atoms with E-state index in [0.29, 0.717) is 0 Å². The van der Waals surface area contributed by atoms with Gasteiger partial charge in [-0.25, -0.2) is 15.0 Å². The molecule has 0 saturated heterocycles. The van der Waals surface area contributed by atoms with Crippen LogP contribution in [0.25, 0.3) is 0 Å². The highest BCUT2D eigenvalue weighted by Crippen LogP contribution is 1.84. The van der Waals surface area contributed by atoms with E-state index in [1.807, 2.05) is 0 Å². The molecule has 0 heterocycles. The molecule has 0 radical (unpaired) electrons. The predicted octanol–water partition coefficient (Wildman–Crippen LogP) is -0.691. The molecule has 0 aromatic rings. The molecule has 0 aliphatic rings. The molecule has 8 nitrogen and oxygen atoms in total. The van der Waals surface area contributed by atoms with Gasteiger partial charge in [0.25, 0.3) is 0 Å². The second-order valence-corrected chi connectivity index (χ2v) is 2.61. The van der Waals surface area contributed by atoms with Crippen molar-refractivity contribution >= 4 is 23.7 Å². The highest BCUT2D eigenvalue weighted by Gasteiger charge is 2.13. The van der Waals surface area contributed by atoms with Crippen LogP contribution in [0.4, 0.5) is 4.79 Å². The summed E-state index contributed by atoms with van der Waals surface area (Å²) in [4.78, 5) is 32.0. The van der Waals surface area contributed by atoms with Crippen molar-refractivity contribution in [1.82, 2.24) is 10.7 Å². The lowest BCUT2D eigenvalue weighted by Gasteiger charge is -2.05. The molecule has 90 valence electrons. The normalized spacial score (nSPS) is 10.5. The third-order valence-corrected chi connectivity index (χ3v) is 1.30. The third kappa shape index (κ3) is 6.35. The first kappa shape index (κ1) is 13.9. The monoisotopic (exact) mass is 231 g/mol. The Morgan fingerprint density at radius 2 is 2.00 bits per heavy atom. The van der Waals surface area contributed by atoms with Gasteiger partial charge >= 0.3 is 12.1 Å². The molecule has 16 heavy (non-hydrogen) atoms. The summed E-state index contributed by atoms with van der Waals surface area (Å²) in [7, 11) is 0. The Labute approximate surface area is 91.7 Å². The lowest BCUT2D eigenvalue weighted by molar-refractivity contribution is -0.135. The van der Waals surface area contributed by atoms with Gasteiger partial charge in [0.15, 0.2) is 5.71 Å². The SMILES string of the molecule is CCOC(=O)C(CNC(C)=O)=NNC(=O)O. The van der Waals surface area contributed by atoms with E-state index in [9.17, 15) is 14.4 Å². The van der Waals surface area contributed by atoms with Crippen molar-refractivity contribution in [2.75, 3.05) is 13.2 Å². The first-order valence-electron chi connectivity index (χ1n) is 4.44. The van der Waals surface area contributed by atoms with Gasteiger partial charge in [0, 0.05) is 6.92 Å². The van der Waals surface area contributed by atoms with Gasteiger partial charge in [0.05, 0.1) is 13.2 Å². The Balaban J connectivity index is 4.48. The summed E-state index contributed by atoms with van der Waals surface area (Å²) in [5.74, 6) is -1.16. The van der Waals surface area contributed by atoms with Crippen molar-refractivity contribution in [1.29, 1.82) is 0 Å². The summed E-state index contributed by atoms with van der Waals surface area (Å²) in [6.45, 7) is 2.78. The minimum absolute atomic E-state index is 0.130. The molecular formula is C8H13N3O5. The van der Waals surface area contributed by atoms with Crippen molar-refractivity contribution in [2.45, 2.75) is 13.8 Å². The zero-order valence-electron chi connectivity index (χ0n) is 8.94. The standard InChI is InChI=1S/C8H13N3O5/c1-3-16-7(13)6(4-9-5(2)12)10-11-8(14)15/h11H,3-4H2,1-2H3,(H,9,12)(H,14,15). The van der Waals surface area contributed by atoms with Crippen molar-refractivity contribution in [3.63, 3.8) is 0 Å². The van der Waals surface area contributed by atoms with Crippen LogP contribution < -0.4 is 10.7 Å². The quantitative estimate of drug-likeness (QED) is 0.329. The smallest absolute Gasteiger partial charge is 0.425 e. The van der Waals surface area contributed by atoms with Gasteiger partial charge in [-0.1, -0.05) is 0 Å². The summed E-state index contributed by atoms with van der Waals surface area (Å²) < 4.78 is 4.61. The number of nitrogens with zero attached hydrogens (tertiary/aromatic N) is 1. The molecule has 0 atom stereocenters. The number of carbonyl (C=O) groups excluding carboxylic acids is 2. The maximum absolute atomic E-state index is 11.2.